The molecule has 0 aliphatic heterocycles. The fraction of sp³-hybridized carbons (Fsp3) is 1.00. The van der Waals surface area contributed by atoms with Gasteiger partial charge in [-0.05, 0) is 44.1 Å². The van der Waals surface area contributed by atoms with Crippen LogP contribution < -0.4 is 5.32 Å². The predicted octanol–water partition coefficient (Wildman–Crippen LogP) is 4.23. The quantitative estimate of drug-likeness (QED) is 0.604. The molecule has 1 heteroatoms. The highest BCUT2D eigenvalue weighted by atomic mass is 14.9. The van der Waals surface area contributed by atoms with E-state index in [1.165, 1.54) is 38.6 Å². The van der Waals surface area contributed by atoms with Gasteiger partial charge in [0, 0.05) is 6.04 Å². The monoisotopic (exact) mass is 213 g/mol. The van der Waals surface area contributed by atoms with Gasteiger partial charge in [0.2, 0.25) is 0 Å². The van der Waals surface area contributed by atoms with Crippen molar-refractivity contribution >= 4 is 0 Å². The van der Waals surface area contributed by atoms with Crippen LogP contribution in [0.5, 0.6) is 0 Å². The van der Waals surface area contributed by atoms with Gasteiger partial charge in [-0.2, -0.15) is 0 Å². The SMILES string of the molecule is CCCNC(CCC(C)C)CC(C)CC. The van der Waals surface area contributed by atoms with E-state index in [2.05, 4.69) is 39.9 Å². The molecule has 0 saturated heterocycles. The Kier molecular flexibility index (Phi) is 9.18. The molecule has 0 amide bonds. The van der Waals surface area contributed by atoms with Gasteiger partial charge in [-0.25, -0.2) is 0 Å². The molecule has 0 aromatic heterocycles. The van der Waals surface area contributed by atoms with Gasteiger partial charge in [-0.3, -0.25) is 0 Å². The molecule has 0 spiro atoms. The Morgan fingerprint density at radius 1 is 1.00 bits per heavy atom. The minimum absolute atomic E-state index is 0.752. The first-order valence-corrected chi connectivity index (χ1v) is 6.83. The Balaban J connectivity index is 3.83. The summed E-state index contributed by atoms with van der Waals surface area (Å²) < 4.78 is 0. The Labute approximate surface area is 97.0 Å². The molecule has 2 unspecified atom stereocenters. The lowest BCUT2D eigenvalue weighted by Crippen LogP contribution is -2.31. The van der Waals surface area contributed by atoms with Crippen LogP contribution in [-0.4, -0.2) is 12.6 Å². The van der Waals surface area contributed by atoms with Crippen molar-refractivity contribution in [3.8, 4) is 0 Å². The van der Waals surface area contributed by atoms with Gasteiger partial charge in [-0.15, -0.1) is 0 Å². The van der Waals surface area contributed by atoms with Gasteiger partial charge in [0.05, 0.1) is 0 Å². The second-order valence-electron chi connectivity index (χ2n) is 5.37. The molecular weight excluding hydrogens is 182 g/mol. The zero-order valence-electron chi connectivity index (χ0n) is 11.5. The number of nitrogens with one attached hydrogen (secondary N) is 1. The van der Waals surface area contributed by atoms with E-state index in [1.807, 2.05) is 0 Å². The van der Waals surface area contributed by atoms with Gasteiger partial charge in [0.15, 0.2) is 0 Å². The van der Waals surface area contributed by atoms with Gasteiger partial charge in [0.1, 0.15) is 0 Å². The normalized spacial score (nSPS) is 15.6. The lowest BCUT2D eigenvalue weighted by atomic mass is 9.94. The van der Waals surface area contributed by atoms with Crippen molar-refractivity contribution in [2.24, 2.45) is 11.8 Å². The molecule has 0 aromatic rings. The highest BCUT2D eigenvalue weighted by molar-refractivity contribution is 4.70. The van der Waals surface area contributed by atoms with E-state index >= 15 is 0 Å². The molecule has 0 aromatic carbocycles. The third kappa shape index (κ3) is 8.92. The van der Waals surface area contributed by atoms with Gasteiger partial charge in [-0.1, -0.05) is 41.0 Å². The van der Waals surface area contributed by atoms with Gasteiger partial charge in [0.25, 0.3) is 0 Å². The van der Waals surface area contributed by atoms with Gasteiger partial charge >= 0.3 is 0 Å². The van der Waals surface area contributed by atoms with Crippen molar-refractivity contribution in [3.05, 3.63) is 0 Å². The largest absolute Gasteiger partial charge is 0.314 e. The highest BCUT2D eigenvalue weighted by Gasteiger charge is 2.11. The topological polar surface area (TPSA) is 12.0 Å². The van der Waals surface area contributed by atoms with Crippen molar-refractivity contribution in [1.82, 2.24) is 5.32 Å². The molecule has 1 N–H and O–H groups in total. The molecule has 0 aliphatic rings. The third-order valence-electron chi connectivity index (χ3n) is 3.16. The van der Waals surface area contributed by atoms with Crippen LogP contribution in [0.2, 0.25) is 0 Å². The molecular formula is C14H31N. The first-order valence-electron chi connectivity index (χ1n) is 6.83. The molecule has 0 fully saturated rings. The van der Waals surface area contributed by atoms with Crippen LogP contribution in [0.3, 0.4) is 0 Å². The maximum Gasteiger partial charge on any atom is 0.00696 e. The molecule has 2 atom stereocenters. The molecule has 92 valence electrons. The Hall–Kier alpha value is -0.0400. The highest BCUT2D eigenvalue weighted by Crippen LogP contribution is 2.16. The summed E-state index contributed by atoms with van der Waals surface area (Å²) in [4.78, 5) is 0. The fourth-order valence-corrected chi connectivity index (χ4v) is 1.84. The van der Waals surface area contributed by atoms with Crippen LogP contribution in [0.25, 0.3) is 0 Å². The summed E-state index contributed by atoms with van der Waals surface area (Å²) >= 11 is 0. The number of rotatable bonds is 9. The Morgan fingerprint density at radius 2 is 1.67 bits per heavy atom. The molecule has 1 nitrogen and oxygen atoms in total. The summed E-state index contributed by atoms with van der Waals surface area (Å²) in [5.74, 6) is 1.71. The van der Waals surface area contributed by atoms with Crippen molar-refractivity contribution in [2.45, 2.75) is 72.8 Å². The van der Waals surface area contributed by atoms with Crippen molar-refractivity contribution in [3.63, 3.8) is 0 Å². The van der Waals surface area contributed by atoms with Gasteiger partial charge < -0.3 is 5.32 Å². The zero-order valence-corrected chi connectivity index (χ0v) is 11.5. The zero-order chi connectivity index (χ0) is 11.7. The van der Waals surface area contributed by atoms with Crippen molar-refractivity contribution < 1.29 is 0 Å². The van der Waals surface area contributed by atoms with E-state index in [0.717, 1.165) is 17.9 Å². The maximum atomic E-state index is 3.69. The average Bonchev–Trinajstić information content (AvgIpc) is 2.21. The Bertz CT molecular complexity index is 131. The number of hydrogen-bond acceptors (Lipinski definition) is 1. The second-order valence-corrected chi connectivity index (χ2v) is 5.37. The van der Waals surface area contributed by atoms with Crippen LogP contribution >= 0.6 is 0 Å². The van der Waals surface area contributed by atoms with E-state index in [-0.39, 0.29) is 0 Å². The Morgan fingerprint density at radius 3 is 2.13 bits per heavy atom. The minimum Gasteiger partial charge on any atom is -0.314 e. The smallest absolute Gasteiger partial charge is 0.00696 e. The molecule has 0 heterocycles. The average molecular weight is 213 g/mol. The van der Waals surface area contributed by atoms with E-state index in [9.17, 15) is 0 Å². The molecule has 0 aliphatic carbocycles. The minimum atomic E-state index is 0.752. The van der Waals surface area contributed by atoms with E-state index < -0.39 is 0 Å². The predicted molar refractivity (Wildman–Crippen MR) is 70.2 cm³/mol. The summed E-state index contributed by atoms with van der Waals surface area (Å²) in [6, 6.07) is 0.752. The van der Waals surface area contributed by atoms with Crippen LogP contribution in [-0.2, 0) is 0 Å². The molecule has 15 heavy (non-hydrogen) atoms. The van der Waals surface area contributed by atoms with Crippen LogP contribution in [0.4, 0.5) is 0 Å². The van der Waals surface area contributed by atoms with Crippen LogP contribution in [0, 0.1) is 11.8 Å². The third-order valence-corrected chi connectivity index (χ3v) is 3.16. The molecule has 0 bridgehead atoms. The maximum absolute atomic E-state index is 3.69. The summed E-state index contributed by atoms with van der Waals surface area (Å²) in [6.45, 7) is 12.7. The fourth-order valence-electron chi connectivity index (χ4n) is 1.84. The molecule has 0 radical (unpaired) electrons. The van der Waals surface area contributed by atoms with E-state index in [0.29, 0.717) is 0 Å². The summed E-state index contributed by atoms with van der Waals surface area (Å²) in [7, 11) is 0. The second kappa shape index (κ2) is 9.21. The summed E-state index contributed by atoms with van der Waals surface area (Å²) in [5, 5.41) is 3.69. The first-order chi connectivity index (χ1) is 7.10. The summed E-state index contributed by atoms with van der Waals surface area (Å²) in [6.07, 6.45) is 6.62. The van der Waals surface area contributed by atoms with Crippen molar-refractivity contribution in [2.75, 3.05) is 6.54 Å². The first kappa shape index (κ1) is 15.0. The number of hydrogen-bond donors (Lipinski definition) is 1. The summed E-state index contributed by atoms with van der Waals surface area (Å²) in [5.41, 5.74) is 0. The van der Waals surface area contributed by atoms with E-state index in [4.69, 9.17) is 0 Å². The standard InChI is InChI=1S/C14H31N/c1-6-10-15-14(9-8-12(3)4)11-13(5)7-2/h12-15H,6-11H2,1-5H3. The lowest BCUT2D eigenvalue weighted by Gasteiger charge is -2.22. The van der Waals surface area contributed by atoms with Crippen LogP contribution in [0.1, 0.15) is 66.7 Å². The van der Waals surface area contributed by atoms with Crippen molar-refractivity contribution in [1.29, 1.82) is 0 Å². The van der Waals surface area contributed by atoms with Crippen LogP contribution in [0.15, 0.2) is 0 Å². The molecule has 0 rings (SSSR count). The lowest BCUT2D eigenvalue weighted by molar-refractivity contribution is 0.355. The molecule has 0 saturated carbocycles. The van der Waals surface area contributed by atoms with E-state index in [1.54, 1.807) is 0 Å².